The molecule has 13 rings (SSSR count). The summed E-state index contributed by atoms with van der Waals surface area (Å²) in [7, 11) is 0. The van der Waals surface area contributed by atoms with Crippen LogP contribution in [0.4, 0.5) is 28.4 Å². The van der Waals surface area contributed by atoms with Crippen molar-refractivity contribution in [1.29, 1.82) is 0 Å². The third-order valence-corrected chi connectivity index (χ3v) is 15.0. The third kappa shape index (κ3) is 5.91. The van der Waals surface area contributed by atoms with Crippen LogP contribution in [0.2, 0.25) is 0 Å². The molecule has 1 aromatic heterocycles. The number of rotatable bonds is 10. The number of furan rings is 1. The molecule has 0 fully saturated rings. The van der Waals surface area contributed by atoms with E-state index in [1.807, 2.05) is 0 Å². The predicted octanol–water partition coefficient (Wildman–Crippen LogP) is 15.3. The molecule has 4 heteroatoms. The molecule has 3 aliphatic heterocycles. The van der Waals surface area contributed by atoms with E-state index in [2.05, 4.69) is 224 Å². The lowest BCUT2D eigenvalue weighted by Crippen LogP contribution is -2.63. The molecule has 0 saturated heterocycles. The van der Waals surface area contributed by atoms with Gasteiger partial charge >= 0.3 is 6.85 Å². The first-order valence-corrected chi connectivity index (χ1v) is 24.4. The van der Waals surface area contributed by atoms with Gasteiger partial charge in [-0.15, -0.1) is 0 Å². The number of hydrogen-bond donors (Lipinski definition) is 0. The molecule has 0 radical (unpaired) electrons. The van der Waals surface area contributed by atoms with Gasteiger partial charge in [-0.1, -0.05) is 190 Å². The second-order valence-electron chi connectivity index (χ2n) is 18.8. The zero-order valence-electron chi connectivity index (χ0n) is 38.2. The van der Waals surface area contributed by atoms with E-state index in [9.17, 15) is 0 Å². The number of anilines is 5. The van der Waals surface area contributed by atoms with Gasteiger partial charge in [0.1, 0.15) is 11.2 Å². The van der Waals surface area contributed by atoms with Crippen molar-refractivity contribution in [2.24, 2.45) is 0 Å². The molecule has 67 heavy (non-hydrogen) atoms. The van der Waals surface area contributed by atoms with Crippen LogP contribution in [0.25, 0.3) is 44.2 Å². The smallest absolute Gasteiger partial charge is 0.333 e. The Labute approximate surface area is 394 Å². The van der Waals surface area contributed by atoms with Crippen molar-refractivity contribution < 1.29 is 4.42 Å². The number of aryl methyl sites for hydroxylation is 2. The van der Waals surface area contributed by atoms with Crippen molar-refractivity contribution in [3.63, 3.8) is 0 Å². The molecule has 0 saturated carbocycles. The first kappa shape index (κ1) is 39.8. The number of para-hydroxylation sites is 3. The van der Waals surface area contributed by atoms with Crippen molar-refractivity contribution in [1.82, 2.24) is 0 Å². The molecule has 0 aliphatic carbocycles. The summed E-state index contributed by atoms with van der Waals surface area (Å²) in [6.07, 6.45) is 6.63. The lowest BCUT2D eigenvalue weighted by atomic mass is 9.42. The summed E-state index contributed by atoms with van der Waals surface area (Å²) in [5.41, 5.74) is 22.9. The molecular formula is C63H51BN2O. The molecule has 9 aromatic carbocycles. The Bertz CT molecular complexity index is 3480. The Morgan fingerprint density at radius 1 is 0.463 bits per heavy atom. The standard InChI is InChI=1S/C63H51BN2O/c1-3-5-21-42-35-36-55(49(37-42)44-23-10-7-11-24-44)65-57-41-60-50(47-29-16-19-34-59(47)67-60)40-54(57)64-61-51(38-43(22-6-4-2)39-58(61)65)48-30-20-32-53-62(48)66(64)56-33-18-17-31-52(56)63(53,45-25-12-8-13-26-45)46-27-14-9-15-28-46/h7-20,23-41H,3-6,21-22H2,1-2H3. The second-order valence-corrected chi connectivity index (χ2v) is 18.8. The van der Waals surface area contributed by atoms with Crippen LogP contribution < -0.4 is 20.6 Å². The molecule has 0 N–H and O–H groups in total. The van der Waals surface area contributed by atoms with E-state index in [0.29, 0.717) is 0 Å². The fourth-order valence-electron chi connectivity index (χ4n) is 12.1. The van der Waals surface area contributed by atoms with Crippen LogP contribution >= 0.6 is 0 Å². The molecule has 4 heterocycles. The van der Waals surface area contributed by atoms with Gasteiger partial charge < -0.3 is 14.1 Å². The highest BCUT2D eigenvalue weighted by Gasteiger charge is 2.53. The number of unbranched alkanes of at least 4 members (excludes halogenated alkanes) is 2. The van der Waals surface area contributed by atoms with E-state index < -0.39 is 5.41 Å². The van der Waals surface area contributed by atoms with Gasteiger partial charge in [-0.25, -0.2) is 0 Å². The SMILES string of the molecule is CCCCc1ccc(N2c3cc4oc5ccccc5c4cc3B3c4c(cc(CCCC)cc42)-c2cccc4c2N3c2ccccc2C4(c2ccccc2)c2ccccc2)c(-c2ccccc2)c1. The monoisotopic (exact) mass is 862 g/mol. The highest BCUT2D eigenvalue weighted by molar-refractivity contribution is 6.94. The molecule has 0 spiro atoms. The van der Waals surface area contributed by atoms with Gasteiger partial charge in [-0.2, -0.15) is 0 Å². The van der Waals surface area contributed by atoms with Crippen LogP contribution in [-0.2, 0) is 18.3 Å². The minimum absolute atomic E-state index is 0.141. The maximum atomic E-state index is 6.83. The molecule has 0 amide bonds. The summed E-state index contributed by atoms with van der Waals surface area (Å²) in [4.78, 5) is 5.35. The summed E-state index contributed by atoms with van der Waals surface area (Å²) >= 11 is 0. The van der Waals surface area contributed by atoms with Crippen LogP contribution in [0.15, 0.2) is 205 Å². The van der Waals surface area contributed by atoms with E-state index >= 15 is 0 Å². The average Bonchev–Trinajstić information content (AvgIpc) is 3.76. The summed E-state index contributed by atoms with van der Waals surface area (Å²) in [5, 5.41) is 2.28. The summed E-state index contributed by atoms with van der Waals surface area (Å²) in [5.74, 6) is 0. The maximum absolute atomic E-state index is 6.83. The van der Waals surface area contributed by atoms with E-state index in [1.165, 1.54) is 89.3 Å². The zero-order valence-corrected chi connectivity index (χ0v) is 38.2. The quantitative estimate of drug-likeness (QED) is 0.128. The lowest BCUT2D eigenvalue weighted by molar-refractivity contribution is 0.669. The van der Waals surface area contributed by atoms with Gasteiger partial charge in [-0.3, -0.25) is 0 Å². The van der Waals surface area contributed by atoms with Crippen LogP contribution in [0.5, 0.6) is 0 Å². The number of nitrogens with zero attached hydrogens (tertiary/aromatic N) is 2. The maximum Gasteiger partial charge on any atom is 0.333 e. The molecule has 322 valence electrons. The average molecular weight is 863 g/mol. The normalized spacial score (nSPS) is 13.9. The van der Waals surface area contributed by atoms with Crippen molar-refractivity contribution in [2.45, 2.75) is 57.8 Å². The van der Waals surface area contributed by atoms with Gasteiger partial charge in [-0.05, 0) is 111 Å². The van der Waals surface area contributed by atoms with E-state index in [4.69, 9.17) is 4.42 Å². The molecule has 0 bridgehead atoms. The molecule has 10 aromatic rings. The van der Waals surface area contributed by atoms with Crippen molar-refractivity contribution in [3.05, 3.63) is 234 Å². The predicted molar refractivity (Wildman–Crippen MR) is 282 cm³/mol. The van der Waals surface area contributed by atoms with Crippen molar-refractivity contribution in [2.75, 3.05) is 9.71 Å². The largest absolute Gasteiger partial charge is 0.456 e. The van der Waals surface area contributed by atoms with E-state index in [-0.39, 0.29) is 6.85 Å². The summed E-state index contributed by atoms with van der Waals surface area (Å²) < 4.78 is 6.83. The highest BCUT2D eigenvalue weighted by Crippen LogP contribution is 2.60. The Kier molecular flexibility index (Phi) is 9.39. The topological polar surface area (TPSA) is 19.6 Å². The van der Waals surface area contributed by atoms with Gasteiger partial charge in [0.05, 0.1) is 11.1 Å². The fraction of sp³-hybridized carbons (Fsp3) is 0.143. The Morgan fingerprint density at radius 2 is 1.12 bits per heavy atom. The first-order valence-electron chi connectivity index (χ1n) is 24.4. The van der Waals surface area contributed by atoms with Gasteiger partial charge in [0, 0.05) is 50.7 Å². The molecule has 3 nitrogen and oxygen atoms in total. The molecule has 3 aliphatic rings. The minimum Gasteiger partial charge on any atom is -0.456 e. The minimum atomic E-state index is -0.570. The van der Waals surface area contributed by atoms with E-state index in [0.717, 1.165) is 66.2 Å². The highest BCUT2D eigenvalue weighted by atomic mass is 16.3. The Hall–Kier alpha value is -7.56. The number of benzene rings is 9. The number of hydrogen-bond acceptors (Lipinski definition) is 3. The van der Waals surface area contributed by atoms with Crippen LogP contribution in [0.1, 0.15) is 72.9 Å². The summed E-state index contributed by atoms with van der Waals surface area (Å²) in [6.45, 7) is 4.45. The van der Waals surface area contributed by atoms with Gasteiger partial charge in [0.2, 0.25) is 0 Å². The molecule has 0 unspecified atom stereocenters. The van der Waals surface area contributed by atoms with Crippen LogP contribution in [0, 0.1) is 0 Å². The van der Waals surface area contributed by atoms with Gasteiger partial charge in [0.15, 0.2) is 0 Å². The Balaban J connectivity index is 1.18. The van der Waals surface area contributed by atoms with Crippen LogP contribution in [0.3, 0.4) is 0 Å². The zero-order chi connectivity index (χ0) is 44.6. The van der Waals surface area contributed by atoms with Crippen molar-refractivity contribution >= 4 is 68.1 Å². The Morgan fingerprint density at radius 3 is 1.88 bits per heavy atom. The van der Waals surface area contributed by atoms with Crippen LogP contribution in [-0.4, -0.2) is 6.85 Å². The molecular weight excluding hydrogens is 812 g/mol. The lowest BCUT2D eigenvalue weighted by Gasteiger charge is -2.53. The fourth-order valence-corrected chi connectivity index (χ4v) is 12.1. The van der Waals surface area contributed by atoms with Gasteiger partial charge in [0.25, 0.3) is 0 Å². The second kappa shape index (κ2) is 15.8. The van der Waals surface area contributed by atoms with Crippen molar-refractivity contribution in [3.8, 4) is 22.3 Å². The first-order chi connectivity index (χ1) is 33.2. The summed E-state index contributed by atoms with van der Waals surface area (Å²) in [6, 6.07) is 75.6. The third-order valence-electron chi connectivity index (χ3n) is 15.0. The van der Waals surface area contributed by atoms with E-state index in [1.54, 1.807) is 0 Å². The number of fused-ring (bicyclic) bond motifs is 9. The molecule has 0 atom stereocenters.